The van der Waals surface area contributed by atoms with Gasteiger partial charge >= 0.3 is 6.09 Å². The van der Waals surface area contributed by atoms with Crippen LogP contribution in [0, 0.1) is 0 Å². The van der Waals surface area contributed by atoms with E-state index in [1.54, 1.807) is 12.1 Å². The monoisotopic (exact) mass is 239 g/mol. The van der Waals surface area contributed by atoms with Crippen molar-refractivity contribution in [1.82, 2.24) is 4.90 Å². The van der Waals surface area contributed by atoms with Gasteiger partial charge in [0.2, 0.25) is 0 Å². The highest BCUT2D eigenvalue weighted by molar-refractivity contribution is 5.70. The van der Waals surface area contributed by atoms with Crippen LogP contribution in [0.2, 0.25) is 0 Å². The molecule has 6 heteroatoms. The molecule has 1 saturated heterocycles. The summed E-state index contributed by atoms with van der Waals surface area (Å²) < 4.78 is 9.70. The lowest BCUT2D eigenvalue weighted by Gasteiger charge is -2.30. The standard InChI is InChI=1S/C11H13NO5/c1-7-6-8(9-4-3-5-17-9)12(10(13)16-2)11(7,14)15/h3-5,8,14-15H,1,6H2,2H3. The van der Waals surface area contributed by atoms with E-state index in [2.05, 4.69) is 11.3 Å². The fraction of sp³-hybridized carbons (Fsp3) is 0.364. The molecule has 0 saturated carbocycles. The van der Waals surface area contributed by atoms with Gasteiger partial charge in [0.1, 0.15) is 11.8 Å². The lowest BCUT2D eigenvalue weighted by Crippen LogP contribution is -2.48. The van der Waals surface area contributed by atoms with Crippen LogP contribution in [-0.2, 0) is 4.74 Å². The van der Waals surface area contributed by atoms with Crippen molar-refractivity contribution in [2.45, 2.75) is 18.4 Å². The van der Waals surface area contributed by atoms with E-state index in [1.807, 2.05) is 0 Å². The molecule has 1 aliphatic heterocycles. The van der Waals surface area contributed by atoms with Gasteiger partial charge in [-0.05, 0) is 12.1 Å². The van der Waals surface area contributed by atoms with Gasteiger partial charge in [0.05, 0.1) is 13.4 Å². The summed E-state index contributed by atoms with van der Waals surface area (Å²) in [6.07, 6.45) is 0.799. The first-order chi connectivity index (χ1) is 7.98. The molecule has 0 aliphatic carbocycles. The number of amides is 1. The molecule has 1 fully saturated rings. The molecule has 6 nitrogen and oxygen atoms in total. The van der Waals surface area contributed by atoms with Gasteiger partial charge in [0.15, 0.2) is 0 Å². The van der Waals surface area contributed by atoms with Crippen LogP contribution in [0.5, 0.6) is 0 Å². The Kier molecular flexibility index (Phi) is 2.68. The Balaban J connectivity index is 2.40. The molecular weight excluding hydrogens is 226 g/mol. The van der Waals surface area contributed by atoms with Gasteiger partial charge in [-0.3, -0.25) is 0 Å². The number of likely N-dealkylation sites (tertiary alicyclic amines) is 1. The molecule has 0 bridgehead atoms. The number of rotatable bonds is 1. The number of hydrogen-bond acceptors (Lipinski definition) is 5. The molecule has 1 aromatic heterocycles. The summed E-state index contributed by atoms with van der Waals surface area (Å²) in [6, 6.07) is 2.68. The Labute approximate surface area is 97.7 Å². The lowest BCUT2D eigenvalue weighted by molar-refractivity contribution is -0.213. The average Bonchev–Trinajstić information content (AvgIpc) is 2.86. The second-order valence-electron chi connectivity index (χ2n) is 3.81. The van der Waals surface area contributed by atoms with Crippen molar-refractivity contribution in [2.75, 3.05) is 7.11 Å². The van der Waals surface area contributed by atoms with Gasteiger partial charge in [-0.25, -0.2) is 9.69 Å². The Morgan fingerprint density at radius 2 is 2.41 bits per heavy atom. The zero-order valence-electron chi connectivity index (χ0n) is 9.29. The molecule has 1 amide bonds. The number of aliphatic hydroxyl groups is 2. The summed E-state index contributed by atoms with van der Waals surface area (Å²) in [5.74, 6) is -1.97. The zero-order valence-corrected chi connectivity index (χ0v) is 9.29. The number of furan rings is 1. The molecule has 0 radical (unpaired) electrons. The van der Waals surface area contributed by atoms with E-state index >= 15 is 0 Å². The Morgan fingerprint density at radius 3 is 2.94 bits per heavy atom. The smallest absolute Gasteiger partial charge is 0.414 e. The van der Waals surface area contributed by atoms with E-state index in [9.17, 15) is 15.0 Å². The van der Waals surface area contributed by atoms with Crippen molar-refractivity contribution in [1.29, 1.82) is 0 Å². The third-order valence-electron chi connectivity index (χ3n) is 2.80. The number of carbonyl (C=O) groups excluding carboxylic acids is 1. The fourth-order valence-corrected chi connectivity index (χ4v) is 1.91. The molecule has 2 N–H and O–H groups in total. The second-order valence-corrected chi connectivity index (χ2v) is 3.81. The first-order valence-corrected chi connectivity index (χ1v) is 5.02. The molecule has 1 atom stereocenters. The van der Waals surface area contributed by atoms with Crippen LogP contribution in [-0.4, -0.2) is 34.2 Å². The van der Waals surface area contributed by atoms with Crippen molar-refractivity contribution in [2.24, 2.45) is 0 Å². The minimum Gasteiger partial charge on any atom is -0.467 e. The third kappa shape index (κ3) is 1.71. The van der Waals surface area contributed by atoms with Gasteiger partial charge in [-0.15, -0.1) is 0 Å². The molecule has 2 heterocycles. The van der Waals surface area contributed by atoms with Gasteiger partial charge < -0.3 is 19.4 Å². The van der Waals surface area contributed by atoms with Crippen LogP contribution in [0.4, 0.5) is 4.79 Å². The van der Waals surface area contributed by atoms with Crippen LogP contribution in [0.1, 0.15) is 18.2 Å². The first-order valence-electron chi connectivity index (χ1n) is 5.02. The second kappa shape index (κ2) is 3.90. The third-order valence-corrected chi connectivity index (χ3v) is 2.80. The van der Waals surface area contributed by atoms with Gasteiger partial charge in [0, 0.05) is 12.0 Å². The Morgan fingerprint density at radius 1 is 1.71 bits per heavy atom. The van der Waals surface area contributed by atoms with Gasteiger partial charge in [-0.1, -0.05) is 6.58 Å². The predicted octanol–water partition coefficient (Wildman–Crippen LogP) is 0.987. The van der Waals surface area contributed by atoms with E-state index < -0.39 is 18.0 Å². The SMILES string of the molecule is C=C1CC(c2ccco2)N(C(=O)OC)C1(O)O. The van der Waals surface area contributed by atoms with Crippen LogP contribution in [0.25, 0.3) is 0 Å². The first kappa shape index (κ1) is 11.7. The minimum atomic E-state index is -2.41. The summed E-state index contributed by atoms with van der Waals surface area (Å²) in [7, 11) is 1.17. The summed E-state index contributed by atoms with van der Waals surface area (Å²) in [4.78, 5) is 12.4. The van der Waals surface area contributed by atoms with Crippen molar-refractivity contribution >= 4 is 6.09 Å². The molecular formula is C11H13NO5. The maximum atomic E-state index is 11.6. The molecule has 1 unspecified atom stereocenters. The van der Waals surface area contributed by atoms with E-state index in [1.165, 1.54) is 13.4 Å². The largest absolute Gasteiger partial charge is 0.467 e. The quantitative estimate of drug-likeness (QED) is 0.564. The predicted molar refractivity (Wildman–Crippen MR) is 56.6 cm³/mol. The molecule has 92 valence electrons. The number of ether oxygens (including phenoxy) is 1. The van der Waals surface area contributed by atoms with E-state index in [4.69, 9.17) is 4.42 Å². The highest BCUT2D eigenvalue weighted by Gasteiger charge is 2.52. The van der Waals surface area contributed by atoms with Gasteiger partial charge in [-0.2, -0.15) is 0 Å². The minimum absolute atomic E-state index is 0.115. The van der Waals surface area contributed by atoms with Crippen LogP contribution < -0.4 is 0 Å². The maximum Gasteiger partial charge on any atom is 0.414 e. The summed E-state index contributed by atoms with van der Waals surface area (Å²) in [5, 5.41) is 19.7. The fourth-order valence-electron chi connectivity index (χ4n) is 1.91. The maximum absolute atomic E-state index is 11.6. The molecule has 0 aromatic carbocycles. The Hall–Kier alpha value is -1.79. The molecule has 0 spiro atoms. The van der Waals surface area contributed by atoms with Crippen LogP contribution >= 0.6 is 0 Å². The number of nitrogens with zero attached hydrogens (tertiary/aromatic N) is 1. The zero-order chi connectivity index (χ0) is 12.6. The molecule has 17 heavy (non-hydrogen) atoms. The van der Waals surface area contributed by atoms with E-state index in [0.717, 1.165) is 4.90 Å². The van der Waals surface area contributed by atoms with Crippen molar-refractivity contribution < 1.29 is 24.2 Å². The summed E-state index contributed by atoms with van der Waals surface area (Å²) in [6.45, 7) is 3.54. The van der Waals surface area contributed by atoms with E-state index in [-0.39, 0.29) is 12.0 Å². The Bertz CT molecular complexity index is 437. The number of methoxy groups -OCH3 is 1. The average molecular weight is 239 g/mol. The highest BCUT2D eigenvalue weighted by atomic mass is 16.6. The van der Waals surface area contributed by atoms with Crippen LogP contribution in [0.3, 0.4) is 0 Å². The number of carbonyl (C=O) groups is 1. The van der Waals surface area contributed by atoms with Crippen molar-refractivity contribution in [3.05, 3.63) is 36.3 Å². The van der Waals surface area contributed by atoms with Crippen LogP contribution in [0.15, 0.2) is 35.0 Å². The molecule has 2 rings (SSSR count). The normalized spacial score (nSPS) is 22.9. The summed E-state index contributed by atoms with van der Waals surface area (Å²) >= 11 is 0. The van der Waals surface area contributed by atoms with Crippen molar-refractivity contribution in [3.63, 3.8) is 0 Å². The van der Waals surface area contributed by atoms with Gasteiger partial charge in [0.25, 0.3) is 5.91 Å². The molecule has 1 aromatic rings. The summed E-state index contributed by atoms with van der Waals surface area (Å²) in [5.41, 5.74) is 0.115. The lowest BCUT2D eigenvalue weighted by atomic mass is 10.1. The molecule has 1 aliphatic rings. The highest BCUT2D eigenvalue weighted by Crippen LogP contribution is 2.43. The number of hydrogen-bond donors (Lipinski definition) is 2. The van der Waals surface area contributed by atoms with Crippen molar-refractivity contribution in [3.8, 4) is 0 Å². The topological polar surface area (TPSA) is 83.1 Å². The van der Waals surface area contributed by atoms with E-state index in [0.29, 0.717) is 5.76 Å².